The molecule has 0 aromatic heterocycles. The number of amides is 2. The van der Waals surface area contributed by atoms with Crippen LogP contribution in [0.1, 0.15) is 30.0 Å². The van der Waals surface area contributed by atoms with Gasteiger partial charge < -0.3 is 21.1 Å². The summed E-state index contributed by atoms with van der Waals surface area (Å²) in [6.45, 7) is 1.90. The van der Waals surface area contributed by atoms with E-state index in [0.717, 1.165) is 10.0 Å². The first-order valence-corrected chi connectivity index (χ1v) is 11.0. The molecule has 0 aliphatic heterocycles. The van der Waals surface area contributed by atoms with Gasteiger partial charge in [0, 0.05) is 16.1 Å². The zero-order valence-electron chi connectivity index (χ0n) is 17.9. The summed E-state index contributed by atoms with van der Waals surface area (Å²) < 4.78 is 6.06. The van der Waals surface area contributed by atoms with Gasteiger partial charge in [0.25, 0.3) is 0 Å². The second kappa shape index (κ2) is 10.9. The highest BCUT2D eigenvalue weighted by molar-refractivity contribution is 9.10. The minimum absolute atomic E-state index is 0.279. The Kier molecular flexibility index (Phi) is 8.03. The maximum Gasteiger partial charge on any atom is 0.247 e. The molecule has 0 heterocycles. The molecule has 3 aromatic rings. The number of methoxy groups -OCH3 is 1. The molecule has 3 atom stereocenters. The number of carbonyl (C=O) groups is 2. The number of carbonyl (C=O) groups excluding carboxylic acids is 2. The van der Waals surface area contributed by atoms with Gasteiger partial charge >= 0.3 is 0 Å². The van der Waals surface area contributed by atoms with Crippen molar-refractivity contribution < 1.29 is 14.3 Å². The van der Waals surface area contributed by atoms with Gasteiger partial charge in [0.1, 0.15) is 17.8 Å². The SMILES string of the molecule is COc1ccc(C(N)C(=O)N[C@H](C(=O)Nc2ccc(Br)cc2)[C@@H](C)c2ccccc2)cc1. The molecule has 7 heteroatoms. The predicted molar refractivity (Wildman–Crippen MR) is 129 cm³/mol. The molecule has 0 fully saturated rings. The van der Waals surface area contributed by atoms with Crippen molar-refractivity contribution in [1.82, 2.24) is 5.32 Å². The molecule has 4 N–H and O–H groups in total. The first-order valence-electron chi connectivity index (χ1n) is 10.2. The molecule has 6 nitrogen and oxygen atoms in total. The van der Waals surface area contributed by atoms with Crippen molar-refractivity contribution in [3.8, 4) is 5.75 Å². The van der Waals surface area contributed by atoms with E-state index in [-0.39, 0.29) is 11.8 Å². The zero-order valence-corrected chi connectivity index (χ0v) is 19.5. The van der Waals surface area contributed by atoms with Crippen LogP contribution < -0.4 is 21.1 Å². The van der Waals surface area contributed by atoms with E-state index in [1.54, 1.807) is 43.5 Å². The number of ether oxygens (including phenoxy) is 1. The Morgan fingerprint density at radius 1 is 0.875 bits per heavy atom. The number of rotatable bonds is 8. The van der Waals surface area contributed by atoms with E-state index in [4.69, 9.17) is 10.5 Å². The molecule has 3 rings (SSSR count). The summed E-state index contributed by atoms with van der Waals surface area (Å²) in [7, 11) is 1.57. The largest absolute Gasteiger partial charge is 0.497 e. The van der Waals surface area contributed by atoms with Gasteiger partial charge in [0.05, 0.1) is 7.11 Å². The van der Waals surface area contributed by atoms with Crippen LogP contribution in [0.5, 0.6) is 5.75 Å². The van der Waals surface area contributed by atoms with Gasteiger partial charge in [-0.05, 0) is 47.5 Å². The number of hydrogen-bond acceptors (Lipinski definition) is 4. The smallest absolute Gasteiger partial charge is 0.247 e. The second-order valence-corrected chi connectivity index (χ2v) is 8.35. The van der Waals surface area contributed by atoms with Crippen molar-refractivity contribution in [2.24, 2.45) is 5.73 Å². The number of nitrogens with two attached hydrogens (primary N) is 1. The van der Waals surface area contributed by atoms with Crippen molar-refractivity contribution in [3.63, 3.8) is 0 Å². The molecular formula is C25H26BrN3O3. The Morgan fingerprint density at radius 2 is 1.50 bits per heavy atom. The highest BCUT2D eigenvalue weighted by Crippen LogP contribution is 2.23. The van der Waals surface area contributed by atoms with Gasteiger partial charge in [-0.3, -0.25) is 9.59 Å². The highest BCUT2D eigenvalue weighted by atomic mass is 79.9. The van der Waals surface area contributed by atoms with Crippen molar-refractivity contribution in [2.75, 3.05) is 12.4 Å². The van der Waals surface area contributed by atoms with Crippen LogP contribution in [0.4, 0.5) is 5.69 Å². The van der Waals surface area contributed by atoms with Crippen LogP contribution in [0.15, 0.2) is 83.3 Å². The monoisotopic (exact) mass is 495 g/mol. The van der Waals surface area contributed by atoms with Crippen LogP contribution in [0.25, 0.3) is 0 Å². The van der Waals surface area contributed by atoms with Gasteiger partial charge in [-0.25, -0.2) is 0 Å². The van der Waals surface area contributed by atoms with Gasteiger partial charge in [-0.1, -0.05) is 65.3 Å². The average molecular weight is 496 g/mol. The van der Waals surface area contributed by atoms with E-state index in [0.29, 0.717) is 17.0 Å². The van der Waals surface area contributed by atoms with Gasteiger partial charge in [-0.2, -0.15) is 0 Å². The summed E-state index contributed by atoms with van der Waals surface area (Å²) in [5.41, 5.74) is 8.39. The van der Waals surface area contributed by atoms with Crippen LogP contribution in [-0.2, 0) is 9.59 Å². The lowest BCUT2D eigenvalue weighted by Gasteiger charge is -2.26. The van der Waals surface area contributed by atoms with E-state index >= 15 is 0 Å². The molecule has 0 spiro atoms. The summed E-state index contributed by atoms with van der Waals surface area (Å²) in [6, 6.07) is 22.0. The van der Waals surface area contributed by atoms with E-state index in [9.17, 15) is 9.59 Å². The maximum absolute atomic E-state index is 13.2. The van der Waals surface area contributed by atoms with Crippen LogP contribution in [0.3, 0.4) is 0 Å². The molecule has 166 valence electrons. The fourth-order valence-electron chi connectivity index (χ4n) is 3.33. The minimum Gasteiger partial charge on any atom is -0.497 e. The Labute approximate surface area is 196 Å². The van der Waals surface area contributed by atoms with Crippen LogP contribution >= 0.6 is 15.9 Å². The lowest BCUT2D eigenvalue weighted by atomic mass is 9.92. The number of halogens is 1. The molecule has 0 saturated heterocycles. The third kappa shape index (κ3) is 5.96. The lowest BCUT2D eigenvalue weighted by molar-refractivity contribution is -0.127. The highest BCUT2D eigenvalue weighted by Gasteiger charge is 2.30. The number of anilines is 1. The maximum atomic E-state index is 13.2. The van der Waals surface area contributed by atoms with Crippen LogP contribution in [0.2, 0.25) is 0 Å². The Balaban J connectivity index is 1.81. The topological polar surface area (TPSA) is 93.4 Å². The number of hydrogen-bond donors (Lipinski definition) is 3. The van der Waals surface area contributed by atoms with E-state index in [1.807, 2.05) is 49.4 Å². The molecule has 2 amide bonds. The fraction of sp³-hybridized carbons (Fsp3) is 0.200. The van der Waals surface area contributed by atoms with Crippen LogP contribution in [0, 0.1) is 0 Å². The third-order valence-corrected chi connectivity index (χ3v) is 5.80. The Hall–Kier alpha value is -3.16. The summed E-state index contributed by atoms with van der Waals surface area (Å²) in [5, 5.41) is 5.74. The van der Waals surface area contributed by atoms with Crippen molar-refractivity contribution >= 4 is 33.4 Å². The third-order valence-electron chi connectivity index (χ3n) is 5.27. The lowest BCUT2D eigenvalue weighted by Crippen LogP contribution is -2.49. The quantitative estimate of drug-likeness (QED) is 0.432. The fourth-order valence-corrected chi connectivity index (χ4v) is 3.59. The zero-order chi connectivity index (χ0) is 23.1. The average Bonchev–Trinajstić information content (AvgIpc) is 2.83. The van der Waals surface area contributed by atoms with Crippen molar-refractivity contribution in [1.29, 1.82) is 0 Å². The predicted octanol–water partition coefficient (Wildman–Crippen LogP) is 4.38. The molecular weight excluding hydrogens is 470 g/mol. The van der Waals surface area contributed by atoms with Gasteiger partial charge in [0.15, 0.2) is 0 Å². The summed E-state index contributed by atoms with van der Waals surface area (Å²) in [5.74, 6) is -0.364. The summed E-state index contributed by atoms with van der Waals surface area (Å²) in [6.07, 6.45) is 0. The number of benzene rings is 3. The summed E-state index contributed by atoms with van der Waals surface area (Å²) in [4.78, 5) is 26.2. The van der Waals surface area contributed by atoms with E-state index in [2.05, 4.69) is 26.6 Å². The molecule has 0 bridgehead atoms. The standard InChI is InChI=1S/C25H26BrN3O3/c1-16(17-6-4-3-5-7-17)23(25(31)28-20-12-10-19(26)11-13-20)29-24(30)22(27)18-8-14-21(32-2)15-9-18/h3-16,22-23H,27H2,1-2H3,(H,28,31)(H,29,30)/t16-,22?,23-/m0/s1. The van der Waals surface area contributed by atoms with Crippen molar-refractivity contribution in [3.05, 3.63) is 94.5 Å². The van der Waals surface area contributed by atoms with Gasteiger partial charge in [-0.15, -0.1) is 0 Å². The van der Waals surface area contributed by atoms with Crippen molar-refractivity contribution in [2.45, 2.75) is 24.9 Å². The normalized spacial score (nSPS) is 13.5. The molecule has 3 aromatic carbocycles. The Bertz CT molecular complexity index is 1040. The molecule has 0 aliphatic rings. The molecule has 0 saturated carbocycles. The first kappa shape index (κ1) is 23.5. The van der Waals surface area contributed by atoms with Gasteiger partial charge in [0.2, 0.25) is 11.8 Å². The van der Waals surface area contributed by atoms with E-state index < -0.39 is 18.0 Å². The second-order valence-electron chi connectivity index (χ2n) is 7.43. The minimum atomic E-state index is -0.924. The molecule has 1 unspecified atom stereocenters. The first-order chi connectivity index (χ1) is 15.4. The molecule has 0 aliphatic carbocycles. The van der Waals surface area contributed by atoms with E-state index in [1.165, 1.54) is 0 Å². The molecule has 32 heavy (non-hydrogen) atoms. The Morgan fingerprint density at radius 3 is 2.09 bits per heavy atom. The number of nitrogens with one attached hydrogen (secondary N) is 2. The molecule has 0 radical (unpaired) electrons. The summed E-state index contributed by atoms with van der Waals surface area (Å²) >= 11 is 3.38. The van der Waals surface area contributed by atoms with Crippen LogP contribution in [-0.4, -0.2) is 25.0 Å².